The van der Waals surface area contributed by atoms with Crippen LogP contribution in [0, 0.1) is 5.92 Å². The van der Waals surface area contributed by atoms with Crippen LogP contribution < -0.4 is 9.80 Å². The first kappa shape index (κ1) is 31.0. The van der Waals surface area contributed by atoms with Crippen molar-refractivity contribution < 1.29 is 24.2 Å². The lowest BCUT2D eigenvalue weighted by Crippen LogP contribution is -2.44. The highest BCUT2D eigenvalue weighted by Gasteiger charge is 2.60. The first-order chi connectivity index (χ1) is 23.9. The molecule has 0 bridgehead atoms. The number of carbonyl (C=O) groups is 3. The predicted molar refractivity (Wildman–Crippen MR) is 188 cm³/mol. The van der Waals surface area contributed by atoms with Crippen LogP contribution in [-0.2, 0) is 33.0 Å². The SMILES string of the molecule is C[C@H]1C[C@@H](CC(=O)N(CCO)Cc2ccccc2)O[C@]12C(=O)N(Cc1ccc(N3C(=O)c4cccc5cccc3c45)cc1)c1ccccc12. The number of hydrogen-bond donors (Lipinski definition) is 1. The fraction of sp³-hybridized carbons (Fsp3) is 0.244. The van der Waals surface area contributed by atoms with Crippen molar-refractivity contribution in [1.82, 2.24) is 4.90 Å². The molecule has 1 spiro atoms. The maximum atomic E-state index is 14.5. The average Bonchev–Trinajstić information content (AvgIpc) is 3.69. The minimum atomic E-state index is -1.19. The van der Waals surface area contributed by atoms with Crippen molar-refractivity contribution in [2.75, 3.05) is 23.0 Å². The van der Waals surface area contributed by atoms with Crippen LogP contribution in [0.2, 0.25) is 0 Å². The zero-order valence-corrected chi connectivity index (χ0v) is 27.3. The van der Waals surface area contributed by atoms with Gasteiger partial charge in [0.25, 0.3) is 11.8 Å². The van der Waals surface area contributed by atoms with Crippen LogP contribution in [0.1, 0.15) is 46.8 Å². The number of benzene rings is 5. The summed E-state index contributed by atoms with van der Waals surface area (Å²) in [5.41, 5.74) is 4.69. The molecule has 5 aromatic rings. The average molecular weight is 652 g/mol. The van der Waals surface area contributed by atoms with Crippen LogP contribution in [0.3, 0.4) is 0 Å². The molecule has 1 N–H and O–H groups in total. The summed E-state index contributed by atoms with van der Waals surface area (Å²) < 4.78 is 6.69. The molecular formula is C41H37N3O5. The number of para-hydroxylation sites is 1. The summed E-state index contributed by atoms with van der Waals surface area (Å²) in [6, 6.07) is 37.1. The van der Waals surface area contributed by atoms with E-state index in [9.17, 15) is 19.5 Å². The van der Waals surface area contributed by atoms with E-state index in [1.54, 1.807) is 14.7 Å². The molecule has 0 saturated carbocycles. The van der Waals surface area contributed by atoms with Gasteiger partial charge in [0.1, 0.15) is 0 Å². The Labute approximate surface area is 285 Å². The Morgan fingerprint density at radius 1 is 0.857 bits per heavy atom. The number of aliphatic hydroxyl groups is 1. The van der Waals surface area contributed by atoms with E-state index in [1.807, 2.05) is 122 Å². The van der Waals surface area contributed by atoms with Crippen molar-refractivity contribution in [3.05, 3.63) is 138 Å². The third-order valence-corrected chi connectivity index (χ3v) is 10.3. The number of aliphatic hydroxyl groups excluding tert-OH is 1. The highest BCUT2D eigenvalue weighted by atomic mass is 16.5. The van der Waals surface area contributed by atoms with Crippen molar-refractivity contribution in [3.8, 4) is 0 Å². The zero-order valence-electron chi connectivity index (χ0n) is 27.3. The molecular weight excluding hydrogens is 614 g/mol. The lowest BCUT2D eigenvalue weighted by atomic mass is 9.83. The second-order valence-electron chi connectivity index (χ2n) is 13.2. The van der Waals surface area contributed by atoms with E-state index >= 15 is 0 Å². The molecule has 246 valence electrons. The van der Waals surface area contributed by atoms with Gasteiger partial charge in [-0.2, -0.15) is 0 Å². The van der Waals surface area contributed by atoms with Crippen LogP contribution in [0.4, 0.5) is 17.1 Å². The molecule has 5 aromatic carbocycles. The van der Waals surface area contributed by atoms with Gasteiger partial charge in [-0.3, -0.25) is 19.3 Å². The monoisotopic (exact) mass is 651 g/mol. The van der Waals surface area contributed by atoms with Crippen LogP contribution in [0.25, 0.3) is 10.8 Å². The highest BCUT2D eigenvalue weighted by Crippen LogP contribution is 2.54. The highest BCUT2D eigenvalue weighted by molar-refractivity contribution is 6.27. The van der Waals surface area contributed by atoms with Gasteiger partial charge in [-0.1, -0.05) is 91.9 Å². The van der Waals surface area contributed by atoms with E-state index in [4.69, 9.17) is 4.74 Å². The molecule has 8 nitrogen and oxygen atoms in total. The summed E-state index contributed by atoms with van der Waals surface area (Å²) in [5, 5.41) is 11.7. The summed E-state index contributed by atoms with van der Waals surface area (Å²) in [4.78, 5) is 46.7. The molecule has 0 aromatic heterocycles. The fourth-order valence-corrected chi connectivity index (χ4v) is 7.95. The maximum absolute atomic E-state index is 14.5. The van der Waals surface area contributed by atoms with E-state index < -0.39 is 11.7 Å². The zero-order chi connectivity index (χ0) is 33.7. The Morgan fingerprint density at radius 3 is 2.35 bits per heavy atom. The molecule has 1 fully saturated rings. The Balaban J connectivity index is 1.01. The van der Waals surface area contributed by atoms with Gasteiger partial charge in [0.2, 0.25) is 5.91 Å². The normalized spacial score (nSPS) is 20.9. The standard InChI is InChI=1S/C41H37N3O5/c1-27-23-32(24-37(46)42(21-22-45)25-28-9-3-2-4-10-28)49-41(27)34-14-5-6-15-35(34)43(40(41)48)26-29-17-19-31(20-18-29)44-36-16-8-12-30-11-7-13-33(38(30)36)39(44)47/h2-20,27,32,45H,21-26H2,1H3/t27-,32-,41+/m0/s1. The first-order valence-corrected chi connectivity index (χ1v) is 16.9. The molecule has 3 aliphatic heterocycles. The number of rotatable bonds is 9. The quantitative estimate of drug-likeness (QED) is 0.191. The van der Waals surface area contributed by atoms with Gasteiger partial charge in [-0.15, -0.1) is 0 Å². The van der Waals surface area contributed by atoms with Crippen molar-refractivity contribution >= 4 is 45.6 Å². The number of nitrogens with zero attached hydrogens (tertiary/aromatic N) is 3. The van der Waals surface area contributed by atoms with E-state index in [0.717, 1.165) is 44.5 Å². The Hall–Kier alpha value is -5.31. The lowest BCUT2D eigenvalue weighted by molar-refractivity contribution is -0.150. The molecule has 0 unspecified atom stereocenters. The second-order valence-corrected chi connectivity index (χ2v) is 13.2. The topological polar surface area (TPSA) is 90.4 Å². The number of hydrogen-bond acceptors (Lipinski definition) is 5. The summed E-state index contributed by atoms with van der Waals surface area (Å²) in [7, 11) is 0. The molecule has 3 atom stereocenters. The minimum absolute atomic E-state index is 0.0508. The van der Waals surface area contributed by atoms with Gasteiger partial charge in [0.05, 0.1) is 42.6 Å². The van der Waals surface area contributed by atoms with E-state index in [2.05, 4.69) is 0 Å². The van der Waals surface area contributed by atoms with Crippen molar-refractivity contribution in [2.24, 2.45) is 5.92 Å². The molecule has 1 saturated heterocycles. The Morgan fingerprint density at radius 2 is 1.57 bits per heavy atom. The third-order valence-electron chi connectivity index (χ3n) is 10.3. The Bertz CT molecular complexity index is 2080. The van der Waals surface area contributed by atoms with Crippen LogP contribution >= 0.6 is 0 Å². The van der Waals surface area contributed by atoms with Crippen LogP contribution in [-0.4, -0.2) is 47.0 Å². The number of anilines is 3. The molecule has 8 heteroatoms. The smallest absolute Gasteiger partial charge is 0.264 e. The van der Waals surface area contributed by atoms with Gasteiger partial charge in [0.15, 0.2) is 5.60 Å². The minimum Gasteiger partial charge on any atom is -0.395 e. The summed E-state index contributed by atoms with van der Waals surface area (Å²) in [5.74, 6) is -0.449. The Kier molecular flexibility index (Phi) is 7.77. The molecule has 0 aliphatic carbocycles. The maximum Gasteiger partial charge on any atom is 0.264 e. The van der Waals surface area contributed by atoms with Crippen molar-refractivity contribution in [1.29, 1.82) is 0 Å². The molecule has 0 radical (unpaired) electrons. The summed E-state index contributed by atoms with van der Waals surface area (Å²) in [6.45, 7) is 2.85. The van der Waals surface area contributed by atoms with Gasteiger partial charge < -0.3 is 19.6 Å². The van der Waals surface area contributed by atoms with E-state index in [1.165, 1.54) is 0 Å². The van der Waals surface area contributed by atoms with Crippen LogP contribution in [0.5, 0.6) is 0 Å². The molecule has 3 heterocycles. The summed E-state index contributed by atoms with van der Waals surface area (Å²) >= 11 is 0. The number of amides is 3. The van der Waals surface area contributed by atoms with Gasteiger partial charge in [-0.05, 0) is 53.3 Å². The van der Waals surface area contributed by atoms with Crippen molar-refractivity contribution in [2.45, 2.75) is 44.6 Å². The van der Waals surface area contributed by atoms with Gasteiger partial charge in [0, 0.05) is 35.6 Å². The van der Waals surface area contributed by atoms with Crippen molar-refractivity contribution in [3.63, 3.8) is 0 Å². The second kappa shape index (κ2) is 12.3. The fourth-order valence-electron chi connectivity index (χ4n) is 7.95. The number of fused-ring (bicyclic) bond motifs is 2. The van der Waals surface area contributed by atoms with Gasteiger partial charge in [-0.25, -0.2) is 0 Å². The largest absolute Gasteiger partial charge is 0.395 e. The summed E-state index contributed by atoms with van der Waals surface area (Å²) in [6.07, 6.45) is 0.246. The van der Waals surface area contributed by atoms with Crippen LogP contribution in [0.15, 0.2) is 115 Å². The molecule has 8 rings (SSSR count). The molecule has 3 aliphatic rings. The predicted octanol–water partition coefficient (Wildman–Crippen LogP) is 6.71. The first-order valence-electron chi connectivity index (χ1n) is 16.9. The third kappa shape index (κ3) is 5.10. The van der Waals surface area contributed by atoms with E-state index in [-0.39, 0.29) is 43.2 Å². The number of ether oxygens (including phenoxy) is 1. The van der Waals surface area contributed by atoms with E-state index in [0.29, 0.717) is 25.1 Å². The lowest BCUT2D eigenvalue weighted by Gasteiger charge is -2.29. The number of carbonyl (C=O) groups excluding carboxylic acids is 3. The molecule has 49 heavy (non-hydrogen) atoms. The van der Waals surface area contributed by atoms with Gasteiger partial charge >= 0.3 is 0 Å². The molecule has 3 amide bonds.